The van der Waals surface area contributed by atoms with Crippen molar-refractivity contribution in [2.24, 2.45) is 0 Å². The second-order valence-electron chi connectivity index (χ2n) is 8.88. The number of fused-ring (bicyclic) bond motifs is 1. The fourth-order valence-corrected chi connectivity index (χ4v) is 5.28. The molecule has 4 rings (SSSR count). The van der Waals surface area contributed by atoms with E-state index in [9.17, 15) is 23.2 Å². The summed E-state index contributed by atoms with van der Waals surface area (Å²) < 4.78 is 38.3. The number of benzene rings is 3. The molecule has 7 nitrogen and oxygen atoms in total. The van der Waals surface area contributed by atoms with Gasteiger partial charge in [0, 0.05) is 29.7 Å². The van der Waals surface area contributed by atoms with E-state index in [1.807, 2.05) is 4.90 Å². The van der Waals surface area contributed by atoms with Gasteiger partial charge in [-0.2, -0.15) is 8.42 Å². The van der Waals surface area contributed by atoms with Crippen LogP contribution in [0.1, 0.15) is 35.3 Å². The van der Waals surface area contributed by atoms with Crippen LogP contribution in [-0.4, -0.2) is 53.8 Å². The summed E-state index contributed by atoms with van der Waals surface area (Å²) in [4.78, 5) is 1.76. The van der Waals surface area contributed by atoms with Crippen molar-refractivity contribution < 1.29 is 27.9 Å². The van der Waals surface area contributed by atoms with Gasteiger partial charge < -0.3 is 14.9 Å². The zero-order chi connectivity index (χ0) is 25.9. The van der Waals surface area contributed by atoms with E-state index in [0.29, 0.717) is 51.9 Å². The van der Waals surface area contributed by atoms with Crippen LogP contribution in [0.25, 0.3) is 0 Å². The van der Waals surface area contributed by atoms with Gasteiger partial charge in [-0.3, -0.25) is 9.45 Å². The molecule has 3 aromatic carbocycles. The molecule has 0 amide bonds. The molecule has 0 fully saturated rings. The Morgan fingerprint density at radius 1 is 0.917 bits per heavy atom. The lowest BCUT2D eigenvalue weighted by molar-refractivity contribution is 0.0388. The fraction of sp³-hybridized carbons (Fsp3) is 0.308. The minimum absolute atomic E-state index is 0.167. The van der Waals surface area contributed by atoms with E-state index >= 15 is 0 Å². The number of halogens is 2. The standard InChI is InChI=1S/C26H27Cl2NO6S/c27-20-5-1-3-17(11-20)24(30)15-29(16-25(31)18-4-2-6-21(28)12-18)14-22-8-7-19-13-23(36(32,33)34)9-10-26(19)35-22/h1-6,9-13,22,24-25,30-31H,7-8,14-16H2,(H,32,33,34)/t22?,24-,25-/m0/s1. The molecule has 1 heterocycles. The minimum atomic E-state index is -4.29. The Labute approximate surface area is 220 Å². The third-order valence-corrected chi connectivity index (χ3v) is 7.47. The molecule has 1 aliphatic rings. The van der Waals surface area contributed by atoms with Gasteiger partial charge in [-0.15, -0.1) is 0 Å². The molecular formula is C26H27Cl2NO6S. The normalized spacial score (nSPS) is 17.3. The number of hydrogen-bond acceptors (Lipinski definition) is 6. The van der Waals surface area contributed by atoms with Crippen LogP contribution in [0.4, 0.5) is 0 Å². The SMILES string of the molecule is O=S(=O)(O)c1ccc2c(c1)CCC(CN(C[C@H](O)c1cccc(Cl)c1)C[C@H](O)c1cccc(Cl)c1)O2. The topological polar surface area (TPSA) is 107 Å². The maximum Gasteiger partial charge on any atom is 0.294 e. The molecule has 0 aliphatic carbocycles. The maximum absolute atomic E-state index is 11.5. The summed E-state index contributed by atoms with van der Waals surface area (Å²) >= 11 is 12.2. The van der Waals surface area contributed by atoms with Crippen molar-refractivity contribution in [1.82, 2.24) is 4.90 Å². The summed E-state index contributed by atoms with van der Waals surface area (Å²) in [6.45, 7) is 0.869. The first-order chi connectivity index (χ1) is 17.1. The van der Waals surface area contributed by atoms with Gasteiger partial charge in [0.15, 0.2) is 0 Å². The highest BCUT2D eigenvalue weighted by Gasteiger charge is 2.26. The zero-order valence-corrected chi connectivity index (χ0v) is 21.6. The third kappa shape index (κ3) is 6.98. The van der Waals surface area contributed by atoms with Crippen molar-refractivity contribution in [2.45, 2.75) is 36.0 Å². The number of hydrogen-bond donors (Lipinski definition) is 3. The highest BCUT2D eigenvalue weighted by molar-refractivity contribution is 7.85. The first kappa shape index (κ1) is 26.9. The van der Waals surface area contributed by atoms with E-state index in [1.54, 1.807) is 48.5 Å². The maximum atomic E-state index is 11.5. The largest absolute Gasteiger partial charge is 0.489 e. The second-order valence-corrected chi connectivity index (χ2v) is 11.2. The molecule has 1 aliphatic heterocycles. The molecule has 3 aromatic rings. The van der Waals surface area contributed by atoms with Crippen molar-refractivity contribution in [1.29, 1.82) is 0 Å². The zero-order valence-electron chi connectivity index (χ0n) is 19.3. The van der Waals surface area contributed by atoms with E-state index in [2.05, 4.69) is 0 Å². The Morgan fingerprint density at radius 3 is 2.03 bits per heavy atom. The highest BCUT2D eigenvalue weighted by Crippen LogP contribution is 2.31. The van der Waals surface area contributed by atoms with Gasteiger partial charge >= 0.3 is 0 Å². The molecule has 192 valence electrons. The van der Waals surface area contributed by atoms with E-state index in [1.165, 1.54) is 18.2 Å². The first-order valence-corrected chi connectivity index (χ1v) is 13.6. The minimum Gasteiger partial charge on any atom is -0.489 e. The Balaban J connectivity index is 1.51. The lowest BCUT2D eigenvalue weighted by atomic mass is 10.0. The smallest absolute Gasteiger partial charge is 0.294 e. The quantitative estimate of drug-likeness (QED) is 0.331. The molecule has 10 heteroatoms. The molecule has 36 heavy (non-hydrogen) atoms. The van der Waals surface area contributed by atoms with Crippen LogP contribution in [-0.2, 0) is 16.5 Å². The van der Waals surface area contributed by atoms with Gasteiger partial charge in [-0.05, 0) is 72.0 Å². The average molecular weight is 552 g/mol. The molecule has 0 saturated heterocycles. The molecule has 0 saturated carbocycles. The van der Waals surface area contributed by atoms with Crippen molar-refractivity contribution in [3.8, 4) is 5.75 Å². The molecule has 3 atom stereocenters. The van der Waals surface area contributed by atoms with Crippen LogP contribution in [0.5, 0.6) is 5.75 Å². The number of aliphatic hydroxyl groups is 2. The predicted molar refractivity (Wildman–Crippen MR) is 138 cm³/mol. The van der Waals surface area contributed by atoms with Gasteiger partial charge in [0.25, 0.3) is 10.1 Å². The fourth-order valence-electron chi connectivity index (χ4n) is 4.35. The molecule has 0 spiro atoms. The summed E-state index contributed by atoms with van der Waals surface area (Å²) in [7, 11) is -4.29. The van der Waals surface area contributed by atoms with Gasteiger partial charge in [-0.1, -0.05) is 47.5 Å². The third-order valence-electron chi connectivity index (χ3n) is 6.15. The summed E-state index contributed by atoms with van der Waals surface area (Å²) in [5.41, 5.74) is 2.03. The Kier molecular flexibility index (Phi) is 8.57. The number of ether oxygens (including phenoxy) is 1. The first-order valence-electron chi connectivity index (χ1n) is 11.4. The Hall–Kier alpha value is -2.17. The highest BCUT2D eigenvalue weighted by atomic mass is 35.5. The molecule has 1 unspecified atom stereocenters. The summed E-state index contributed by atoms with van der Waals surface area (Å²) in [5, 5.41) is 22.9. The van der Waals surface area contributed by atoms with Crippen LogP contribution >= 0.6 is 23.2 Å². The van der Waals surface area contributed by atoms with Crippen LogP contribution in [0.3, 0.4) is 0 Å². The summed E-state index contributed by atoms with van der Waals surface area (Å²) in [6, 6.07) is 18.3. The lowest BCUT2D eigenvalue weighted by Crippen LogP contribution is -2.41. The van der Waals surface area contributed by atoms with Crippen molar-refractivity contribution in [3.05, 3.63) is 93.5 Å². The van der Waals surface area contributed by atoms with Gasteiger partial charge in [0.05, 0.1) is 17.1 Å². The van der Waals surface area contributed by atoms with E-state index < -0.39 is 22.3 Å². The van der Waals surface area contributed by atoms with Crippen molar-refractivity contribution >= 4 is 33.3 Å². The second kappa shape index (κ2) is 11.5. The molecule has 0 bridgehead atoms. The molecule has 0 aromatic heterocycles. The van der Waals surface area contributed by atoms with Crippen LogP contribution in [0.2, 0.25) is 10.0 Å². The van der Waals surface area contributed by atoms with Crippen molar-refractivity contribution in [3.63, 3.8) is 0 Å². The van der Waals surface area contributed by atoms with E-state index in [4.69, 9.17) is 27.9 Å². The summed E-state index contributed by atoms with van der Waals surface area (Å²) in [5.74, 6) is 0.546. The number of nitrogens with zero attached hydrogens (tertiary/aromatic N) is 1. The lowest BCUT2D eigenvalue weighted by Gasteiger charge is -2.33. The van der Waals surface area contributed by atoms with Crippen molar-refractivity contribution in [2.75, 3.05) is 19.6 Å². The van der Waals surface area contributed by atoms with Gasteiger partial charge in [0.2, 0.25) is 0 Å². The molecule has 3 N–H and O–H groups in total. The van der Waals surface area contributed by atoms with Gasteiger partial charge in [-0.25, -0.2) is 0 Å². The van der Waals surface area contributed by atoms with Gasteiger partial charge in [0.1, 0.15) is 11.9 Å². The number of aryl methyl sites for hydroxylation is 1. The number of rotatable bonds is 9. The monoisotopic (exact) mass is 551 g/mol. The Morgan fingerprint density at radius 2 is 1.50 bits per heavy atom. The summed E-state index contributed by atoms with van der Waals surface area (Å²) in [6.07, 6.45) is -0.789. The van der Waals surface area contributed by atoms with Crippen LogP contribution in [0, 0.1) is 0 Å². The van der Waals surface area contributed by atoms with Crippen LogP contribution < -0.4 is 4.74 Å². The van der Waals surface area contributed by atoms with E-state index in [-0.39, 0.29) is 24.1 Å². The Bertz CT molecular complexity index is 1270. The molecular weight excluding hydrogens is 525 g/mol. The molecule has 0 radical (unpaired) electrons. The predicted octanol–water partition coefficient (Wildman–Crippen LogP) is 4.70. The average Bonchev–Trinajstić information content (AvgIpc) is 2.83. The van der Waals surface area contributed by atoms with E-state index in [0.717, 1.165) is 0 Å². The number of aliphatic hydroxyl groups excluding tert-OH is 2. The van der Waals surface area contributed by atoms with Crippen LogP contribution in [0.15, 0.2) is 71.6 Å².